The summed E-state index contributed by atoms with van der Waals surface area (Å²) < 4.78 is 0.798. The number of hydrogen-bond donors (Lipinski definition) is 2. The Balaban J connectivity index is 1.97. The average Bonchev–Trinajstić information content (AvgIpc) is 3.07. The number of amides is 1. The molecule has 2 aromatic rings. The van der Waals surface area contributed by atoms with Crippen molar-refractivity contribution in [2.24, 2.45) is 5.92 Å². The third-order valence-electron chi connectivity index (χ3n) is 4.35. The molecule has 1 atom stereocenters. The Morgan fingerprint density at radius 2 is 1.81 bits per heavy atom. The maximum absolute atomic E-state index is 12.0. The highest BCUT2D eigenvalue weighted by molar-refractivity contribution is 8.01. The highest BCUT2D eigenvalue weighted by atomic mass is 32.2. The standard InChI is InChI=1S/C19H28N4OS2/c1-6-14-9-8-10-15(7-2)17(14)21-18-22-23-19(26-18)25-11-16(24)20-13(5)12(3)4/h8-10,12-13H,6-7,11H2,1-5H3,(H,20,24)(H,21,22). The summed E-state index contributed by atoms with van der Waals surface area (Å²) in [7, 11) is 0. The number of anilines is 2. The van der Waals surface area contributed by atoms with Crippen molar-refractivity contribution in [1.82, 2.24) is 15.5 Å². The molecular weight excluding hydrogens is 364 g/mol. The number of carbonyl (C=O) groups is 1. The van der Waals surface area contributed by atoms with Gasteiger partial charge in [0.05, 0.1) is 5.75 Å². The summed E-state index contributed by atoms with van der Waals surface area (Å²) in [4.78, 5) is 12.0. The van der Waals surface area contributed by atoms with Crippen LogP contribution in [0.25, 0.3) is 0 Å². The van der Waals surface area contributed by atoms with Gasteiger partial charge in [-0.25, -0.2) is 0 Å². The fraction of sp³-hybridized carbons (Fsp3) is 0.526. The van der Waals surface area contributed by atoms with Gasteiger partial charge < -0.3 is 10.6 Å². The van der Waals surface area contributed by atoms with Crippen molar-refractivity contribution in [3.8, 4) is 0 Å². The number of rotatable bonds is 9. The SMILES string of the molecule is CCc1cccc(CC)c1Nc1nnc(SCC(=O)NC(C)C(C)C)s1. The van der Waals surface area contributed by atoms with Crippen LogP contribution in [-0.4, -0.2) is 27.9 Å². The van der Waals surface area contributed by atoms with Crippen molar-refractivity contribution in [3.05, 3.63) is 29.3 Å². The predicted molar refractivity (Wildman–Crippen MR) is 112 cm³/mol. The Kier molecular flexibility index (Phi) is 7.90. The number of aromatic nitrogens is 2. The van der Waals surface area contributed by atoms with Crippen LogP contribution in [0.3, 0.4) is 0 Å². The van der Waals surface area contributed by atoms with E-state index in [9.17, 15) is 4.79 Å². The minimum absolute atomic E-state index is 0.0329. The van der Waals surface area contributed by atoms with Gasteiger partial charge in [0.2, 0.25) is 11.0 Å². The number of aryl methyl sites for hydroxylation is 2. The summed E-state index contributed by atoms with van der Waals surface area (Å²) in [5.41, 5.74) is 3.68. The number of benzene rings is 1. The summed E-state index contributed by atoms with van der Waals surface area (Å²) in [6.45, 7) is 10.5. The first-order valence-corrected chi connectivity index (χ1v) is 10.9. The number of carbonyl (C=O) groups excluding carboxylic acids is 1. The topological polar surface area (TPSA) is 66.9 Å². The number of thioether (sulfide) groups is 1. The van der Waals surface area contributed by atoms with Gasteiger partial charge in [-0.15, -0.1) is 10.2 Å². The maximum Gasteiger partial charge on any atom is 0.230 e. The van der Waals surface area contributed by atoms with Crippen LogP contribution in [0.5, 0.6) is 0 Å². The van der Waals surface area contributed by atoms with E-state index in [0.29, 0.717) is 11.7 Å². The van der Waals surface area contributed by atoms with Crippen molar-refractivity contribution in [2.75, 3.05) is 11.1 Å². The molecule has 0 saturated carbocycles. The molecule has 0 saturated heterocycles. The van der Waals surface area contributed by atoms with Gasteiger partial charge >= 0.3 is 0 Å². The first kappa shape index (κ1) is 20.7. The summed E-state index contributed by atoms with van der Waals surface area (Å²) in [5, 5.41) is 15.6. The highest BCUT2D eigenvalue weighted by Crippen LogP contribution is 2.31. The third kappa shape index (κ3) is 5.71. The van der Waals surface area contributed by atoms with Gasteiger partial charge in [0.25, 0.3) is 0 Å². The quantitative estimate of drug-likeness (QED) is 0.608. The van der Waals surface area contributed by atoms with Crippen LogP contribution in [0.2, 0.25) is 0 Å². The molecule has 0 aliphatic carbocycles. The second-order valence-corrected chi connectivity index (χ2v) is 8.75. The summed E-state index contributed by atoms with van der Waals surface area (Å²) in [6.07, 6.45) is 1.93. The van der Waals surface area contributed by atoms with Crippen molar-refractivity contribution < 1.29 is 4.79 Å². The van der Waals surface area contributed by atoms with Gasteiger partial charge in [-0.3, -0.25) is 4.79 Å². The van der Waals surface area contributed by atoms with Crippen LogP contribution < -0.4 is 10.6 Å². The molecule has 7 heteroatoms. The Morgan fingerprint density at radius 3 is 2.38 bits per heavy atom. The van der Waals surface area contributed by atoms with Crippen molar-refractivity contribution in [1.29, 1.82) is 0 Å². The van der Waals surface area contributed by atoms with Crippen molar-refractivity contribution in [2.45, 2.75) is 57.8 Å². The Morgan fingerprint density at radius 1 is 1.15 bits per heavy atom. The molecule has 1 unspecified atom stereocenters. The minimum Gasteiger partial charge on any atom is -0.353 e. The monoisotopic (exact) mass is 392 g/mol. The predicted octanol–water partition coefficient (Wildman–Crippen LogP) is 4.66. The third-order valence-corrected chi connectivity index (χ3v) is 6.32. The molecule has 142 valence electrons. The minimum atomic E-state index is 0.0329. The lowest BCUT2D eigenvalue weighted by Gasteiger charge is -2.16. The van der Waals surface area contributed by atoms with Crippen LogP contribution in [0.15, 0.2) is 22.5 Å². The number of para-hydroxylation sites is 1. The lowest BCUT2D eigenvalue weighted by molar-refractivity contribution is -0.119. The zero-order valence-corrected chi connectivity index (χ0v) is 17.8. The van der Waals surface area contributed by atoms with E-state index in [4.69, 9.17) is 0 Å². The maximum atomic E-state index is 12.0. The fourth-order valence-corrected chi connectivity index (χ4v) is 3.99. The highest BCUT2D eigenvalue weighted by Gasteiger charge is 2.14. The van der Waals surface area contributed by atoms with Gasteiger partial charge in [0.1, 0.15) is 0 Å². The lowest BCUT2D eigenvalue weighted by Crippen LogP contribution is -2.37. The molecule has 0 bridgehead atoms. The van der Waals surface area contributed by atoms with E-state index in [1.807, 2.05) is 6.92 Å². The number of hydrogen-bond acceptors (Lipinski definition) is 6. The Labute approximate surface area is 164 Å². The molecule has 1 heterocycles. The summed E-state index contributed by atoms with van der Waals surface area (Å²) >= 11 is 2.91. The van der Waals surface area contributed by atoms with Crippen LogP contribution in [0.1, 0.15) is 45.7 Å². The lowest BCUT2D eigenvalue weighted by atomic mass is 10.0. The average molecular weight is 393 g/mol. The van der Waals surface area contributed by atoms with Crippen LogP contribution in [0, 0.1) is 5.92 Å². The molecule has 2 N–H and O–H groups in total. The van der Waals surface area contributed by atoms with Crippen molar-refractivity contribution in [3.63, 3.8) is 0 Å². The first-order chi connectivity index (χ1) is 12.4. The van der Waals surface area contributed by atoms with Crippen LogP contribution in [-0.2, 0) is 17.6 Å². The normalized spacial score (nSPS) is 12.2. The molecule has 5 nitrogen and oxygen atoms in total. The molecule has 0 spiro atoms. The number of nitrogens with one attached hydrogen (secondary N) is 2. The summed E-state index contributed by atoms with van der Waals surface area (Å²) in [5.74, 6) is 0.815. The second kappa shape index (κ2) is 9.92. The molecule has 0 aliphatic heterocycles. The molecule has 1 aromatic heterocycles. The molecule has 0 fully saturated rings. The number of nitrogens with zero attached hydrogens (tertiary/aromatic N) is 2. The van der Waals surface area contributed by atoms with E-state index in [1.54, 1.807) is 0 Å². The molecular formula is C19H28N4OS2. The fourth-order valence-electron chi connectivity index (χ4n) is 2.42. The molecule has 2 rings (SSSR count). The van der Waals surface area contributed by atoms with Gasteiger partial charge in [-0.05, 0) is 36.8 Å². The molecule has 0 aliphatic rings. The zero-order valence-electron chi connectivity index (χ0n) is 16.1. The smallest absolute Gasteiger partial charge is 0.230 e. The van der Waals surface area contributed by atoms with Crippen molar-refractivity contribution >= 4 is 39.8 Å². The molecule has 1 amide bonds. The molecule has 26 heavy (non-hydrogen) atoms. The van der Waals surface area contributed by atoms with E-state index in [2.05, 4.69) is 66.7 Å². The molecule has 1 aromatic carbocycles. The largest absolute Gasteiger partial charge is 0.353 e. The Hall–Kier alpha value is -1.60. The van der Waals surface area contributed by atoms with Gasteiger partial charge in [-0.2, -0.15) is 0 Å². The molecule has 0 radical (unpaired) electrons. The second-order valence-electron chi connectivity index (χ2n) is 6.55. The van der Waals surface area contributed by atoms with E-state index in [-0.39, 0.29) is 11.9 Å². The van der Waals surface area contributed by atoms with E-state index in [1.165, 1.54) is 34.2 Å². The van der Waals surface area contributed by atoms with E-state index < -0.39 is 0 Å². The van der Waals surface area contributed by atoms with Gasteiger partial charge in [0.15, 0.2) is 4.34 Å². The zero-order chi connectivity index (χ0) is 19.1. The van der Waals surface area contributed by atoms with Gasteiger partial charge in [-0.1, -0.05) is 69.0 Å². The first-order valence-electron chi connectivity index (χ1n) is 9.08. The van der Waals surface area contributed by atoms with Gasteiger partial charge in [0, 0.05) is 11.7 Å². The van der Waals surface area contributed by atoms with E-state index in [0.717, 1.165) is 28.0 Å². The van der Waals surface area contributed by atoms with Crippen LogP contribution >= 0.6 is 23.1 Å². The van der Waals surface area contributed by atoms with E-state index >= 15 is 0 Å². The Bertz CT molecular complexity index is 708. The summed E-state index contributed by atoms with van der Waals surface area (Å²) in [6, 6.07) is 6.55. The van der Waals surface area contributed by atoms with Crippen LogP contribution in [0.4, 0.5) is 10.8 Å².